The predicted octanol–water partition coefficient (Wildman–Crippen LogP) is 0.683. The van der Waals surface area contributed by atoms with E-state index >= 15 is 0 Å². The highest BCUT2D eigenvalue weighted by molar-refractivity contribution is 5.96. The van der Waals surface area contributed by atoms with Gasteiger partial charge in [-0.3, -0.25) is 0 Å². The number of hydrogen-bond acceptors (Lipinski definition) is 4. The van der Waals surface area contributed by atoms with E-state index < -0.39 is 5.97 Å². The minimum atomic E-state index is -0.438. The zero-order valence-corrected chi connectivity index (χ0v) is 13.2. The van der Waals surface area contributed by atoms with Gasteiger partial charge in [-0.1, -0.05) is 0 Å². The van der Waals surface area contributed by atoms with Crippen LogP contribution in [0.3, 0.4) is 0 Å². The number of anilines is 1. The molecule has 8 heteroatoms. The number of ether oxygens (including phenoxy) is 1. The Labute approximate surface area is 135 Å². The monoisotopic (exact) mass is 318 g/mol. The largest absolute Gasteiger partial charge is 0.465 e. The van der Waals surface area contributed by atoms with E-state index in [2.05, 4.69) is 14.9 Å². The molecular formula is C15H22N6O2. The number of benzene rings is 1. The van der Waals surface area contributed by atoms with E-state index in [4.69, 9.17) is 21.9 Å². The number of carbonyl (C=O) groups excluding carboxylic acids is 1. The van der Waals surface area contributed by atoms with Crippen LogP contribution >= 0.6 is 0 Å². The number of nitrogens with zero attached hydrogens (tertiary/aromatic N) is 3. The van der Waals surface area contributed by atoms with E-state index in [-0.39, 0.29) is 11.9 Å². The third kappa shape index (κ3) is 4.35. The Hall–Kier alpha value is -2.77. The second-order valence-electron chi connectivity index (χ2n) is 5.25. The molecule has 2 rings (SSSR count). The first-order valence-electron chi connectivity index (χ1n) is 7.42. The van der Waals surface area contributed by atoms with Gasteiger partial charge in [0.05, 0.1) is 24.0 Å². The number of carbonyl (C=O) groups is 1. The summed E-state index contributed by atoms with van der Waals surface area (Å²) in [4.78, 5) is 21.9. The Morgan fingerprint density at radius 3 is 2.48 bits per heavy atom. The second-order valence-corrected chi connectivity index (χ2v) is 5.25. The summed E-state index contributed by atoms with van der Waals surface area (Å²) >= 11 is 0. The highest BCUT2D eigenvalue weighted by Gasteiger charge is 2.17. The van der Waals surface area contributed by atoms with Crippen molar-refractivity contribution in [3.8, 4) is 0 Å². The van der Waals surface area contributed by atoms with E-state index in [9.17, 15) is 4.79 Å². The summed E-state index contributed by atoms with van der Waals surface area (Å²) in [5.74, 6) is -0.674. The molecule has 0 spiro atoms. The van der Waals surface area contributed by atoms with E-state index in [1.165, 1.54) is 13.5 Å². The van der Waals surface area contributed by atoms with Crippen molar-refractivity contribution in [2.75, 3.05) is 25.1 Å². The molecule has 1 aliphatic rings. The summed E-state index contributed by atoms with van der Waals surface area (Å²) in [7, 11) is 1.33. The lowest BCUT2D eigenvalue weighted by molar-refractivity contribution is 0.0601. The topological polar surface area (TPSA) is 132 Å². The minimum Gasteiger partial charge on any atom is -0.465 e. The van der Waals surface area contributed by atoms with Gasteiger partial charge in [-0.05, 0) is 37.5 Å². The highest BCUT2D eigenvalue weighted by Crippen LogP contribution is 2.32. The predicted molar refractivity (Wildman–Crippen MR) is 90.9 cm³/mol. The molecular weight excluding hydrogens is 296 g/mol. The Kier molecular flexibility index (Phi) is 5.40. The van der Waals surface area contributed by atoms with E-state index in [0.29, 0.717) is 11.3 Å². The lowest BCUT2D eigenvalue weighted by Gasteiger charge is -2.29. The number of methoxy groups -OCH3 is 1. The van der Waals surface area contributed by atoms with Gasteiger partial charge in [0.1, 0.15) is 0 Å². The number of guanidine groups is 2. The first-order valence-corrected chi connectivity index (χ1v) is 7.42. The van der Waals surface area contributed by atoms with Crippen LogP contribution in [-0.2, 0) is 4.74 Å². The first-order chi connectivity index (χ1) is 11.0. The molecule has 0 aliphatic carbocycles. The molecule has 8 nitrogen and oxygen atoms in total. The number of hydrogen-bond donors (Lipinski definition) is 3. The summed E-state index contributed by atoms with van der Waals surface area (Å²) < 4.78 is 4.75. The molecule has 124 valence electrons. The average molecular weight is 318 g/mol. The van der Waals surface area contributed by atoms with Gasteiger partial charge in [-0.25, -0.2) is 9.79 Å². The van der Waals surface area contributed by atoms with E-state index in [1.54, 1.807) is 12.1 Å². The fraction of sp³-hybridized carbons (Fsp3) is 0.400. The van der Waals surface area contributed by atoms with Crippen LogP contribution in [0.2, 0.25) is 0 Å². The molecule has 6 N–H and O–H groups in total. The Morgan fingerprint density at radius 2 is 1.87 bits per heavy atom. The van der Waals surface area contributed by atoms with Crippen LogP contribution in [0, 0.1) is 0 Å². The van der Waals surface area contributed by atoms with Crippen LogP contribution in [0.4, 0.5) is 11.4 Å². The van der Waals surface area contributed by atoms with Crippen LogP contribution in [-0.4, -0.2) is 38.1 Å². The molecule has 1 aliphatic heterocycles. The van der Waals surface area contributed by atoms with Crippen LogP contribution in [0.25, 0.3) is 0 Å². The molecule has 0 amide bonds. The molecule has 0 saturated carbocycles. The van der Waals surface area contributed by atoms with Gasteiger partial charge in [0.25, 0.3) is 0 Å². The van der Waals surface area contributed by atoms with Gasteiger partial charge in [0, 0.05) is 13.1 Å². The maximum Gasteiger partial charge on any atom is 0.337 e. The normalized spacial score (nSPS) is 15.2. The van der Waals surface area contributed by atoms with Crippen LogP contribution in [0.1, 0.15) is 29.6 Å². The first kappa shape index (κ1) is 16.6. The third-order valence-electron chi connectivity index (χ3n) is 3.57. The lowest BCUT2D eigenvalue weighted by Crippen LogP contribution is -2.29. The van der Waals surface area contributed by atoms with Gasteiger partial charge in [0.2, 0.25) is 5.96 Å². The van der Waals surface area contributed by atoms with Crippen molar-refractivity contribution in [1.29, 1.82) is 0 Å². The highest BCUT2D eigenvalue weighted by atomic mass is 16.5. The van der Waals surface area contributed by atoms with Crippen LogP contribution < -0.4 is 22.1 Å². The third-order valence-corrected chi connectivity index (χ3v) is 3.57. The Bertz CT molecular complexity index is 631. The van der Waals surface area contributed by atoms with Crippen molar-refractivity contribution < 1.29 is 9.53 Å². The molecule has 1 saturated heterocycles. The van der Waals surface area contributed by atoms with Crippen LogP contribution in [0.5, 0.6) is 0 Å². The molecule has 0 bridgehead atoms. The second kappa shape index (κ2) is 7.48. The fourth-order valence-electron chi connectivity index (χ4n) is 2.54. The molecule has 0 radical (unpaired) electrons. The molecule has 1 fully saturated rings. The summed E-state index contributed by atoms with van der Waals surface area (Å²) in [6.45, 7) is 1.87. The summed E-state index contributed by atoms with van der Waals surface area (Å²) in [5, 5.41) is 0. The van der Waals surface area contributed by atoms with Gasteiger partial charge < -0.3 is 26.8 Å². The number of nitrogens with two attached hydrogens (primary N) is 3. The molecule has 23 heavy (non-hydrogen) atoms. The number of aliphatic imine (C=N–C) groups is 2. The van der Waals surface area contributed by atoms with Gasteiger partial charge in [-0.2, -0.15) is 4.99 Å². The Morgan fingerprint density at radius 1 is 1.17 bits per heavy atom. The molecule has 1 aromatic rings. The molecule has 0 atom stereocenters. The minimum absolute atomic E-state index is 0.0646. The maximum absolute atomic E-state index is 11.7. The quantitative estimate of drug-likeness (QED) is 0.426. The SMILES string of the molecule is COC(=O)c1ccc(N2CCCCC2)c(N=C(N)N=C(N)N)c1. The fourth-order valence-corrected chi connectivity index (χ4v) is 2.54. The number of rotatable bonds is 3. The molecule has 0 unspecified atom stereocenters. The Balaban J connectivity index is 2.44. The smallest absolute Gasteiger partial charge is 0.337 e. The summed E-state index contributed by atoms with van der Waals surface area (Å²) in [6.07, 6.45) is 3.45. The standard InChI is InChI=1S/C15H22N6O2/c1-23-13(22)10-5-6-12(21-7-3-2-4-8-21)11(9-10)19-15(18)20-14(16)17/h5-6,9H,2-4,7-8H2,1H3,(H6,16,17,18,19,20). The summed E-state index contributed by atoms with van der Waals surface area (Å²) in [6, 6.07) is 5.19. The van der Waals surface area contributed by atoms with Crippen molar-refractivity contribution in [3.63, 3.8) is 0 Å². The maximum atomic E-state index is 11.7. The van der Waals surface area contributed by atoms with Crippen molar-refractivity contribution in [2.45, 2.75) is 19.3 Å². The summed E-state index contributed by atoms with van der Waals surface area (Å²) in [5.41, 5.74) is 18.2. The van der Waals surface area contributed by atoms with E-state index in [1.807, 2.05) is 6.07 Å². The molecule has 1 heterocycles. The van der Waals surface area contributed by atoms with Crippen molar-refractivity contribution in [1.82, 2.24) is 0 Å². The lowest BCUT2D eigenvalue weighted by atomic mass is 10.1. The number of piperidine rings is 1. The van der Waals surface area contributed by atoms with Gasteiger partial charge >= 0.3 is 5.97 Å². The van der Waals surface area contributed by atoms with Gasteiger partial charge in [-0.15, -0.1) is 0 Å². The zero-order valence-electron chi connectivity index (χ0n) is 13.2. The van der Waals surface area contributed by atoms with Crippen molar-refractivity contribution in [2.24, 2.45) is 27.2 Å². The zero-order chi connectivity index (χ0) is 16.8. The van der Waals surface area contributed by atoms with E-state index in [0.717, 1.165) is 31.6 Å². The number of esters is 1. The van der Waals surface area contributed by atoms with Crippen molar-refractivity contribution in [3.05, 3.63) is 23.8 Å². The average Bonchev–Trinajstić information content (AvgIpc) is 2.54. The van der Waals surface area contributed by atoms with Crippen LogP contribution in [0.15, 0.2) is 28.2 Å². The molecule has 0 aromatic heterocycles. The molecule has 1 aromatic carbocycles. The van der Waals surface area contributed by atoms with Gasteiger partial charge in [0.15, 0.2) is 5.96 Å². The van der Waals surface area contributed by atoms with Crippen molar-refractivity contribution >= 4 is 29.3 Å².